The maximum atomic E-state index is 10.5. The second-order valence-corrected chi connectivity index (χ2v) is 10.6. The zero-order valence-electron chi connectivity index (χ0n) is 14.6. The molecule has 0 spiro atoms. The van der Waals surface area contributed by atoms with Crippen molar-refractivity contribution in [3.8, 4) is 0 Å². The van der Waals surface area contributed by atoms with Crippen LogP contribution in [0.3, 0.4) is 0 Å². The summed E-state index contributed by atoms with van der Waals surface area (Å²) in [6.07, 6.45) is 11.7. The van der Waals surface area contributed by atoms with Crippen molar-refractivity contribution in [2.75, 3.05) is 0 Å². The van der Waals surface area contributed by atoms with Crippen LogP contribution < -0.4 is 0 Å². The van der Waals surface area contributed by atoms with E-state index >= 15 is 0 Å². The highest BCUT2D eigenvalue weighted by Crippen LogP contribution is 2.67. The van der Waals surface area contributed by atoms with Gasteiger partial charge >= 0.3 is 0 Å². The van der Waals surface area contributed by atoms with E-state index in [1.54, 1.807) is 0 Å². The average molecular weight is 323 g/mol. The highest BCUT2D eigenvalue weighted by Gasteiger charge is 2.60. The molecule has 126 valence electrons. The lowest BCUT2D eigenvalue weighted by molar-refractivity contribution is -0.141. The lowest BCUT2D eigenvalue weighted by Crippen LogP contribution is -2.55. The number of fused-ring (bicyclic) bond motifs is 5. The van der Waals surface area contributed by atoms with Crippen molar-refractivity contribution in [3.63, 3.8) is 0 Å². The van der Waals surface area contributed by atoms with Crippen LogP contribution in [0.4, 0.5) is 0 Å². The minimum atomic E-state index is -0.399. The Balaban J connectivity index is 1.62. The summed E-state index contributed by atoms with van der Waals surface area (Å²) in [5.41, 5.74) is 0.610. The molecule has 4 fully saturated rings. The molecule has 0 amide bonds. The lowest BCUT2D eigenvalue weighted by Gasteiger charge is -2.61. The molecule has 1 nitrogen and oxygen atoms in total. The van der Waals surface area contributed by atoms with E-state index in [0.717, 1.165) is 36.5 Å². The average Bonchev–Trinajstić information content (AvgIpc) is 2.76. The van der Waals surface area contributed by atoms with Crippen molar-refractivity contribution >= 4 is 12.6 Å². The molecule has 0 aromatic rings. The number of hydrogen-bond donors (Lipinski definition) is 2. The highest BCUT2D eigenvalue weighted by atomic mass is 32.1. The van der Waals surface area contributed by atoms with Crippen LogP contribution in [0.25, 0.3) is 0 Å². The number of rotatable bonds is 0. The maximum absolute atomic E-state index is 10.5. The Morgan fingerprint density at radius 1 is 0.818 bits per heavy atom. The molecule has 4 aliphatic rings. The molecule has 0 bridgehead atoms. The van der Waals surface area contributed by atoms with E-state index in [4.69, 9.17) is 12.6 Å². The highest BCUT2D eigenvalue weighted by molar-refractivity contribution is 7.81. The number of aliphatic hydroxyl groups is 1. The minimum Gasteiger partial charge on any atom is -0.390 e. The molecule has 8 atom stereocenters. The van der Waals surface area contributed by atoms with E-state index in [1.807, 2.05) is 0 Å². The van der Waals surface area contributed by atoms with E-state index in [9.17, 15) is 5.11 Å². The predicted octanol–water partition coefficient (Wildman–Crippen LogP) is 5.08. The van der Waals surface area contributed by atoms with Crippen molar-refractivity contribution in [1.29, 1.82) is 0 Å². The van der Waals surface area contributed by atoms with Crippen LogP contribution in [0.5, 0.6) is 0 Å². The summed E-state index contributed by atoms with van der Waals surface area (Å²) in [4.78, 5) is 0. The van der Waals surface area contributed by atoms with Gasteiger partial charge in [-0.25, -0.2) is 0 Å². The fourth-order valence-corrected chi connectivity index (χ4v) is 7.87. The molecular formula is C20H34OS. The minimum absolute atomic E-state index is 0.399. The van der Waals surface area contributed by atoms with E-state index in [2.05, 4.69) is 20.8 Å². The molecule has 4 aliphatic carbocycles. The molecule has 2 heteroatoms. The quantitative estimate of drug-likeness (QED) is 0.596. The van der Waals surface area contributed by atoms with Gasteiger partial charge in [-0.3, -0.25) is 0 Å². The van der Waals surface area contributed by atoms with Gasteiger partial charge in [0.15, 0.2) is 0 Å². The van der Waals surface area contributed by atoms with Gasteiger partial charge in [0.2, 0.25) is 0 Å². The molecule has 4 saturated carbocycles. The van der Waals surface area contributed by atoms with Crippen LogP contribution in [0, 0.1) is 34.5 Å². The third-order valence-electron chi connectivity index (χ3n) is 8.90. The standard InChI is InChI=1S/C20H34OS/c1-18(21)10-11-19(2)13(12-18)4-5-14-15-6-7-17(22)20(15,3)9-8-16(14)19/h13-17,21-22H,4-12H2,1-3H3/t13?,14?,15?,16?,17?,18-,19+,20+/m1/s1. The lowest BCUT2D eigenvalue weighted by atomic mass is 9.44. The second kappa shape index (κ2) is 4.91. The summed E-state index contributed by atoms with van der Waals surface area (Å²) in [7, 11) is 0. The Bertz CT molecular complexity index is 461. The van der Waals surface area contributed by atoms with Gasteiger partial charge in [-0.15, -0.1) is 0 Å². The van der Waals surface area contributed by atoms with E-state index < -0.39 is 5.60 Å². The van der Waals surface area contributed by atoms with Gasteiger partial charge in [0, 0.05) is 5.25 Å². The molecule has 0 aliphatic heterocycles. The van der Waals surface area contributed by atoms with Crippen LogP contribution in [0.2, 0.25) is 0 Å². The Labute approximate surface area is 142 Å². The molecule has 0 aromatic heterocycles. The predicted molar refractivity (Wildman–Crippen MR) is 95.1 cm³/mol. The monoisotopic (exact) mass is 322 g/mol. The third kappa shape index (κ3) is 2.08. The van der Waals surface area contributed by atoms with Gasteiger partial charge in [-0.2, -0.15) is 12.6 Å². The van der Waals surface area contributed by atoms with Gasteiger partial charge in [0.1, 0.15) is 0 Å². The molecule has 0 saturated heterocycles. The Morgan fingerprint density at radius 3 is 2.32 bits per heavy atom. The largest absolute Gasteiger partial charge is 0.390 e. The molecular weight excluding hydrogens is 288 g/mol. The second-order valence-electron chi connectivity index (χ2n) is 10.00. The summed E-state index contributed by atoms with van der Waals surface area (Å²) in [5.74, 6) is 3.54. The Hall–Kier alpha value is 0.310. The van der Waals surface area contributed by atoms with Crippen LogP contribution in [-0.2, 0) is 0 Å². The first-order valence-corrected chi connectivity index (χ1v) is 10.2. The SMILES string of the molecule is C[C@@]1(O)CC[C@@]2(C)C(CCC3C2CC[C@]2(C)C(S)CCC32)C1. The maximum Gasteiger partial charge on any atom is 0.0622 e. The van der Waals surface area contributed by atoms with Crippen molar-refractivity contribution in [2.24, 2.45) is 34.5 Å². The molecule has 4 rings (SSSR count). The summed E-state index contributed by atoms with van der Waals surface area (Å²) >= 11 is 4.96. The van der Waals surface area contributed by atoms with Gasteiger partial charge in [-0.1, -0.05) is 13.8 Å². The van der Waals surface area contributed by atoms with Gasteiger partial charge in [-0.05, 0) is 99.2 Å². The van der Waals surface area contributed by atoms with Crippen LogP contribution in [-0.4, -0.2) is 16.0 Å². The summed E-state index contributed by atoms with van der Waals surface area (Å²) in [5, 5.41) is 11.2. The third-order valence-corrected chi connectivity index (χ3v) is 9.75. The summed E-state index contributed by atoms with van der Waals surface area (Å²) in [6, 6.07) is 0. The summed E-state index contributed by atoms with van der Waals surface area (Å²) in [6.45, 7) is 7.19. The fourth-order valence-electron chi connectivity index (χ4n) is 7.40. The smallest absolute Gasteiger partial charge is 0.0622 e. The number of hydrogen-bond acceptors (Lipinski definition) is 2. The Morgan fingerprint density at radius 2 is 1.55 bits per heavy atom. The van der Waals surface area contributed by atoms with E-state index in [-0.39, 0.29) is 0 Å². The van der Waals surface area contributed by atoms with E-state index in [0.29, 0.717) is 16.1 Å². The normalized spacial score (nSPS) is 61.2. The topological polar surface area (TPSA) is 20.2 Å². The Kier molecular flexibility index (Phi) is 3.53. The van der Waals surface area contributed by atoms with Crippen LogP contribution in [0.1, 0.15) is 78.6 Å². The van der Waals surface area contributed by atoms with Crippen molar-refractivity contribution in [3.05, 3.63) is 0 Å². The first-order valence-electron chi connectivity index (χ1n) is 9.67. The van der Waals surface area contributed by atoms with E-state index in [1.165, 1.54) is 44.9 Å². The molecule has 0 radical (unpaired) electrons. The number of thiol groups is 1. The van der Waals surface area contributed by atoms with Crippen LogP contribution in [0.15, 0.2) is 0 Å². The molecule has 0 heterocycles. The zero-order valence-corrected chi connectivity index (χ0v) is 15.5. The van der Waals surface area contributed by atoms with Gasteiger partial charge in [0.25, 0.3) is 0 Å². The zero-order chi connectivity index (χ0) is 15.8. The van der Waals surface area contributed by atoms with Crippen molar-refractivity contribution in [1.82, 2.24) is 0 Å². The first-order chi connectivity index (χ1) is 10.3. The molecule has 22 heavy (non-hydrogen) atoms. The van der Waals surface area contributed by atoms with Crippen molar-refractivity contribution in [2.45, 2.75) is 89.4 Å². The molecule has 0 aromatic carbocycles. The molecule has 5 unspecified atom stereocenters. The molecule has 1 N–H and O–H groups in total. The van der Waals surface area contributed by atoms with Gasteiger partial charge in [0.05, 0.1) is 5.60 Å². The van der Waals surface area contributed by atoms with Gasteiger partial charge < -0.3 is 5.11 Å². The first kappa shape index (κ1) is 15.8. The fraction of sp³-hybridized carbons (Fsp3) is 1.00. The van der Waals surface area contributed by atoms with Crippen molar-refractivity contribution < 1.29 is 5.11 Å². The van der Waals surface area contributed by atoms with Crippen LogP contribution >= 0.6 is 12.6 Å². The summed E-state index contributed by atoms with van der Waals surface area (Å²) < 4.78 is 0.